The summed E-state index contributed by atoms with van der Waals surface area (Å²) in [6, 6.07) is 10.3. The molecule has 1 N–H and O–H groups in total. The van der Waals surface area contributed by atoms with E-state index in [0.29, 0.717) is 31.6 Å². The average molecular weight is 481 g/mol. The Kier molecular flexibility index (Phi) is 6.58. The SMILES string of the molecule is C[C@@H]1Cc2cc(C(O)=C3C(=O)C(=O)N(CCCN4CCOCC4)[C@H]3c3ccccc3F)ccc2O1. The van der Waals surface area contributed by atoms with Gasteiger partial charge in [0, 0.05) is 43.7 Å². The molecule has 0 radical (unpaired) electrons. The molecule has 1 amide bonds. The Balaban J connectivity index is 1.49. The van der Waals surface area contributed by atoms with Gasteiger partial charge >= 0.3 is 0 Å². The molecule has 3 aliphatic heterocycles. The maximum atomic E-state index is 15.0. The third-order valence-electron chi connectivity index (χ3n) is 6.89. The quantitative estimate of drug-likeness (QED) is 0.388. The van der Waals surface area contributed by atoms with Crippen molar-refractivity contribution in [3.8, 4) is 5.75 Å². The number of halogens is 1. The van der Waals surface area contributed by atoms with Crippen LogP contribution in [0.4, 0.5) is 4.39 Å². The number of rotatable bonds is 6. The summed E-state index contributed by atoms with van der Waals surface area (Å²) in [6.07, 6.45) is 1.33. The van der Waals surface area contributed by atoms with E-state index < -0.39 is 23.5 Å². The van der Waals surface area contributed by atoms with Gasteiger partial charge in [-0.25, -0.2) is 4.39 Å². The third kappa shape index (κ3) is 4.56. The highest BCUT2D eigenvalue weighted by atomic mass is 19.1. The zero-order valence-electron chi connectivity index (χ0n) is 19.7. The molecule has 3 aliphatic rings. The molecule has 0 saturated carbocycles. The van der Waals surface area contributed by atoms with E-state index in [1.54, 1.807) is 36.4 Å². The van der Waals surface area contributed by atoms with Crippen LogP contribution >= 0.6 is 0 Å². The molecule has 2 aromatic rings. The van der Waals surface area contributed by atoms with Crippen LogP contribution in [0, 0.1) is 5.82 Å². The monoisotopic (exact) mass is 480 g/mol. The number of Topliss-reactive ketones (excluding diaryl/α,β-unsaturated/α-hetero) is 1. The molecule has 184 valence electrons. The minimum atomic E-state index is -0.996. The first-order chi connectivity index (χ1) is 16.9. The number of morpholine rings is 1. The summed E-state index contributed by atoms with van der Waals surface area (Å²) in [5.41, 5.74) is 1.44. The van der Waals surface area contributed by atoms with Gasteiger partial charge in [0.25, 0.3) is 11.7 Å². The minimum absolute atomic E-state index is 0.0258. The molecule has 5 rings (SSSR count). The molecule has 2 fully saturated rings. The van der Waals surface area contributed by atoms with Gasteiger partial charge < -0.3 is 19.5 Å². The molecule has 8 heteroatoms. The second-order valence-electron chi connectivity index (χ2n) is 9.28. The highest BCUT2D eigenvalue weighted by Gasteiger charge is 2.46. The predicted molar refractivity (Wildman–Crippen MR) is 128 cm³/mol. The smallest absolute Gasteiger partial charge is 0.295 e. The number of ether oxygens (including phenoxy) is 2. The highest BCUT2D eigenvalue weighted by molar-refractivity contribution is 6.46. The molecule has 0 spiro atoms. The number of ketones is 1. The lowest BCUT2D eigenvalue weighted by molar-refractivity contribution is -0.140. The molecule has 2 saturated heterocycles. The van der Waals surface area contributed by atoms with Gasteiger partial charge in [0.2, 0.25) is 0 Å². The maximum Gasteiger partial charge on any atom is 0.295 e. The van der Waals surface area contributed by atoms with Crippen LogP contribution in [-0.2, 0) is 20.7 Å². The second-order valence-corrected chi connectivity index (χ2v) is 9.28. The molecule has 7 nitrogen and oxygen atoms in total. The number of aliphatic hydroxyl groups is 1. The second kappa shape index (κ2) is 9.79. The van der Waals surface area contributed by atoms with Gasteiger partial charge in [0.1, 0.15) is 23.4 Å². The number of nitrogens with zero attached hydrogens (tertiary/aromatic N) is 2. The van der Waals surface area contributed by atoms with Crippen LogP contribution < -0.4 is 4.74 Å². The molecule has 0 bridgehead atoms. The van der Waals surface area contributed by atoms with Crippen molar-refractivity contribution in [3.63, 3.8) is 0 Å². The van der Waals surface area contributed by atoms with Crippen LogP contribution in [0.1, 0.15) is 36.1 Å². The summed E-state index contributed by atoms with van der Waals surface area (Å²) in [6.45, 7) is 5.94. The van der Waals surface area contributed by atoms with E-state index in [2.05, 4.69) is 4.90 Å². The standard InChI is InChI=1S/C27H29FN2O5/c1-17-15-19-16-18(7-8-22(19)35-17)25(31)23-24(20-5-2-3-6-21(20)28)30(27(33)26(23)32)10-4-9-29-11-13-34-14-12-29/h2-3,5-8,16-17,24,31H,4,9-15H2,1H3/t17-,24+/m1/s1. The fourth-order valence-corrected chi connectivity index (χ4v) is 5.15. The Morgan fingerprint density at radius 2 is 1.89 bits per heavy atom. The number of amides is 1. The molecule has 3 heterocycles. The van der Waals surface area contributed by atoms with Crippen molar-refractivity contribution in [3.05, 3.63) is 70.5 Å². The van der Waals surface area contributed by atoms with Crippen molar-refractivity contribution < 1.29 is 28.6 Å². The number of fused-ring (bicyclic) bond motifs is 1. The first-order valence-electron chi connectivity index (χ1n) is 12.1. The van der Waals surface area contributed by atoms with E-state index in [4.69, 9.17) is 9.47 Å². The van der Waals surface area contributed by atoms with E-state index in [1.165, 1.54) is 11.0 Å². The number of carbonyl (C=O) groups excluding carboxylic acids is 2. The zero-order chi connectivity index (χ0) is 24.5. The normalized spacial score (nSPS) is 24.0. The number of likely N-dealkylation sites (tertiary alicyclic amines) is 1. The lowest BCUT2D eigenvalue weighted by atomic mass is 9.94. The number of aliphatic hydroxyl groups excluding tert-OH is 1. The highest BCUT2D eigenvalue weighted by Crippen LogP contribution is 2.41. The van der Waals surface area contributed by atoms with E-state index in [-0.39, 0.29) is 29.5 Å². The van der Waals surface area contributed by atoms with Crippen LogP contribution in [0.15, 0.2) is 48.0 Å². The Morgan fingerprint density at radius 1 is 1.11 bits per heavy atom. The molecule has 0 aromatic heterocycles. The summed E-state index contributed by atoms with van der Waals surface area (Å²) < 4.78 is 26.1. The minimum Gasteiger partial charge on any atom is -0.507 e. The molecule has 35 heavy (non-hydrogen) atoms. The topological polar surface area (TPSA) is 79.3 Å². The van der Waals surface area contributed by atoms with Crippen molar-refractivity contribution in [2.24, 2.45) is 0 Å². The number of hydrogen-bond acceptors (Lipinski definition) is 6. The average Bonchev–Trinajstić information content (AvgIpc) is 3.35. The molecular formula is C27H29FN2O5. The third-order valence-corrected chi connectivity index (χ3v) is 6.89. The summed E-state index contributed by atoms with van der Waals surface area (Å²) in [5.74, 6) is -1.61. The Bertz CT molecular complexity index is 1170. The fraction of sp³-hybridized carbons (Fsp3) is 0.407. The van der Waals surface area contributed by atoms with Gasteiger partial charge in [-0.15, -0.1) is 0 Å². The summed E-state index contributed by atoms with van der Waals surface area (Å²) in [4.78, 5) is 29.9. The van der Waals surface area contributed by atoms with Crippen molar-refractivity contribution >= 4 is 17.4 Å². The van der Waals surface area contributed by atoms with Crippen LogP contribution in [0.25, 0.3) is 5.76 Å². The first-order valence-corrected chi connectivity index (χ1v) is 12.1. The Morgan fingerprint density at radius 3 is 2.66 bits per heavy atom. The van der Waals surface area contributed by atoms with E-state index >= 15 is 0 Å². The largest absolute Gasteiger partial charge is 0.507 e. The van der Waals surface area contributed by atoms with E-state index in [9.17, 15) is 19.1 Å². The predicted octanol–water partition coefficient (Wildman–Crippen LogP) is 3.29. The molecule has 2 atom stereocenters. The van der Waals surface area contributed by atoms with Crippen LogP contribution in [-0.4, -0.2) is 72.1 Å². The van der Waals surface area contributed by atoms with Crippen LogP contribution in [0.3, 0.4) is 0 Å². The Labute approximate surface area is 203 Å². The zero-order valence-corrected chi connectivity index (χ0v) is 19.7. The van der Waals surface area contributed by atoms with Gasteiger partial charge in [-0.05, 0) is 43.2 Å². The summed E-state index contributed by atoms with van der Waals surface area (Å²) >= 11 is 0. The summed E-state index contributed by atoms with van der Waals surface area (Å²) in [5, 5.41) is 11.3. The molecular weight excluding hydrogens is 451 g/mol. The van der Waals surface area contributed by atoms with Crippen LogP contribution in [0.2, 0.25) is 0 Å². The van der Waals surface area contributed by atoms with Crippen LogP contribution in [0.5, 0.6) is 5.75 Å². The lowest BCUT2D eigenvalue weighted by Crippen LogP contribution is -2.39. The lowest BCUT2D eigenvalue weighted by Gasteiger charge is -2.29. The summed E-state index contributed by atoms with van der Waals surface area (Å²) in [7, 11) is 0. The van der Waals surface area contributed by atoms with Gasteiger partial charge in [-0.1, -0.05) is 18.2 Å². The molecule has 2 aromatic carbocycles. The molecule has 0 aliphatic carbocycles. The Hall–Kier alpha value is -3.23. The van der Waals surface area contributed by atoms with Gasteiger partial charge in [0.15, 0.2) is 0 Å². The maximum absolute atomic E-state index is 15.0. The van der Waals surface area contributed by atoms with Crippen molar-refractivity contribution in [2.75, 3.05) is 39.4 Å². The molecule has 0 unspecified atom stereocenters. The van der Waals surface area contributed by atoms with Crippen molar-refractivity contribution in [1.29, 1.82) is 0 Å². The number of benzene rings is 2. The number of hydrogen-bond donors (Lipinski definition) is 1. The van der Waals surface area contributed by atoms with Gasteiger partial charge in [-0.2, -0.15) is 0 Å². The van der Waals surface area contributed by atoms with E-state index in [0.717, 1.165) is 30.9 Å². The first kappa shape index (κ1) is 23.5. The van der Waals surface area contributed by atoms with Gasteiger partial charge in [0.05, 0.1) is 24.8 Å². The fourth-order valence-electron chi connectivity index (χ4n) is 5.15. The number of carbonyl (C=O) groups is 2. The van der Waals surface area contributed by atoms with Crippen molar-refractivity contribution in [1.82, 2.24) is 9.80 Å². The van der Waals surface area contributed by atoms with Gasteiger partial charge in [-0.3, -0.25) is 14.5 Å². The van der Waals surface area contributed by atoms with E-state index in [1.807, 2.05) is 6.92 Å². The van der Waals surface area contributed by atoms with Crippen molar-refractivity contribution in [2.45, 2.75) is 31.9 Å².